The van der Waals surface area contributed by atoms with Crippen molar-refractivity contribution in [3.05, 3.63) is 42.0 Å². The lowest BCUT2D eigenvalue weighted by Gasteiger charge is -2.37. The van der Waals surface area contributed by atoms with Crippen molar-refractivity contribution in [3.8, 4) is 5.75 Å². The zero-order valence-corrected chi connectivity index (χ0v) is 19.4. The van der Waals surface area contributed by atoms with Gasteiger partial charge in [0.25, 0.3) is 0 Å². The highest BCUT2D eigenvalue weighted by molar-refractivity contribution is 14.0. The third-order valence-electron chi connectivity index (χ3n) is 5.46. The van der Waals surface area contributed by atoms with E-state index >= 15 is 0 Å². The Labute approximate surface area is 186 Å². The van der Waals surface area contributed by atoms with Crippen molar-refractivity contribution in [3.63, 3.8) is 0 Å². The highest BCUT2D eigenvalue weighted by Gasteiger charge is 2.34. The Morgan fingerprint density at radius 3 is 2.43 bits per heavy atom. The van der Waals surface area contributed by atoms with Gasteiger partial charge in [-0.1, -0.05) is 24.3 Å². The fourth-order valence-electron chi connectivity index (χ4n) is 3.85. The first kappa shape index (κ1) is 23.0. The molecule has 156 valence electrons. The summed E-state index contributed by atoms with van der Waals surface area (Å²) in [6.45, 7) is 8.03. The van der Waals surface area contributed by atoms with Gasteiger partial charge >= 0.3 is 0 Å². The van der Waals surface area contributed by atoms with E-state index < -0.39 is 0 Å². The quantitative estimate of drug-likeness (QED) is 0.258. The van der Waals surface area contributed by atoms with E-state index in [0.717, 1.165) is 63.7 Å². The van der Waals surface area contributed by atoms with E-state index in [2.05, 4.69) is 54.0 Å². The fourth-order valence-corrected chi connectivity index (χ4v) is 3.85. The molecule has 0 radical (unpaired) electrons. The Balaban J connectivity index is 0.00000280. The van der Waals surface area contributed by atoms with Crippen LogP contribution in [0.25, 0.3) is 0 Å². The lowest BCUT2D eigenvalue weighted by Crippen LogP contribution is -2.44. The number of nitrogens with zero attached hydrogens (tertiary/aromatic N) is 1. The van der Waals surface area contributed by atoms with Gasteiger partial charge in [0.2, 0.25) is 0 Å². The Morgan fingerprint density at radius 1 is 1.14 bits per heavy atom. The highest BCUT2D eigenvalue weighted by Crippen LogP contribution is 2.36. The number of halogens is 1. The minimum atomic E-state index is 0. The van der Waals surface area contributed by atoms with Crippen molar-refractivity contribution < 1.29 is 9.47 Å². The lowest BCUT2D eigenvalue weighted by atomic mass is 9.74. The maximum Gasteiger partial charge on any atom is 0.191 e. The van der Waals surface area contributed by atoms with Gasteiger partial charge in [-0.05, 0) is 57.2 Å². The Kier molecular flexibility index (Phi) is 9.58. The second-order valence-corrected chi connectivity index (χ2v) is 7.33. The maximum atomic E-state index is 5.66. The summed E-state index contributed by atoms with van der Waals surface area (Å²) in [4.78, 5) is 4.99. The Hall–Kier alpha value is -1.28. The van der Waals surface area contributed by atoms with Crippen LogP contribution in [0.15, 0.2) is 41.4 Å². The van der Waals surface area contributed by atoms with E-state index in [1.54, 1.807) is 0 Å². The normalized spacial score (nSPS) is 19.1. The molecular weight excluding hydrogens is 465 g/mol. The summed E-state index contributed by atoms with van der Waals surface area (Å²) in [6, 6.07) is 9.01. The molecule has 0 saturated carbocycles. The van der Waals surface area contributed by atoms with Gasteiger partial charge in [0.05, 0.1) is 13.2 Å². The summed E-state index contributed by atoms with van der Waals surface area (Å²) in [6.07, 6.45) is 8.61. The minimum absolute atomic E-state index is 0. The van der Waals surface area contributed by atoms with Crippen molar-refractivity contribution in [2.24, 2.45) is 4.99 Å². The summed E-state index contributed by atoms with van der Waals surface area (Å²) < 4.78 is 11.3. The minimum Gasteiger partial charge on any atom is -0.494 e. The van der Waals surface area contributed by atoms with Crippen LogP contribution in [-0.2, 0) is 10.2 Å². The van der Waals surface area contributed by atoms with E-state index in [-0.39, 0.29) is 29.4 Å². The van der Waals surface area contributed by atoms with Gasteiger partial charge < -0.3 is 20.1 Å². The van der Waals surface area contributed by atoms with Crippen LogP contribution in [0.5, 0.6) is 5.75 Å². The third-order valence-corrected chi connectivity index (χ3v) is 5.46. The molecule has 1 saturated heterocycles. The fraction of sp³-hybridized carbons (Fsp3) is 0.591. The summed E-state index contributed by atoms with van der Waals surface area (Å²) in [7, 11) is 0. The molecule has 0 atom stereocenters. The van der Waals surface area contributed by atoms with E-state index in [1.807, 2.05) is 6.92 Å². The summed E-state index contributed by atoms with van der Waals surface area (Å²) in [5, 5.41) is 6.98. The number of aliphatic imine (C=N–C) groups is 1. The van der Waals surface area contributed by atoms with E-state index in [0.29, 0.717) is 12.6 Å². The highest BCUT2D eigenvalue weighted by atomic mass is 127. The molecule has 0 unspecified atom stereocenters. The van der Waals surface area contributed by atoms with Crippen LogP contribution in [0, 0.1) is 0 Å². The zero-order chi connectivity index (χ0) is 19.0. The van der Waals surface area contributed by atoms with Crippen LogP contribution in [-0.4, -0.2) is 44.9 Å². The molecule has 1 fully saturated rings. The number of hydrogen-bond donors (Lipinski definition) is 2. The van der Waals surface area contributed by atoms with Crippen LogP contribution in [0.4, 0.5) is 0 Å². The lowest BCUT2D eigenvalue weighted by molar-refractivity contribution is 0.0531. The topological polar surface area (TPSA) is 54.9 Å². The maximum absolute atomic E-state index is 5.66. The van der Waals surface area contributed by atoms with Gasteiger partial charge in [0, 0.05) is 31.2 Å². The smallest absolute Gasteiger partial charge is 0.191 e. The first-order chi connectivity index (χ1) is 13.3. The number of guanidine groups is 1. The monoisotopic (exact) mass is 499 g/mol. The molecule has 0 bridgehead atoms. The van der Waals surface area contributed by atoms with E-state index in [1.165, 1.54) is 5.56 Å². The van der Waals surface area contributed by atoms with E-state index in [9.17, 15) is 0 Å². The SMILES string of the molecule is CCNC(=NCC1(c2ccc(OCC)cc2)CCOCC1)NC1CC=CC1.I. The number of nitrogens with one attached hydrogen (secondary N) is 2. The average molecular weight is 499 g/mol. The molecule has 1 aromatic carbocycles. The van der Waals surface area contributed by atoms with Crippen LogP contribution in [0.1, 0.15) is 45.1 Å². The van der Waals surface area contributed by atoms with Crippen LogP contribution >= 0.6 is 24.0 Å². The van der Waals surface area contributed by atoms with Gasteiger partial charge in [-0.2, -0.15) is 0 Å². The molecule has 6 heteroatoms. The first-order valence-electron chi connectivity index (χ1n) is 10.3. The van der Waals surface area contributed by atoms with E-state index in [4.69, 9.17) is 14.5 Å². The van der Waals surface area contributed by atoms with Crippen LogP contribution < -0.4 is 15.4 Å². The number of ether oxygens (including phenoxy) is 2. The molecule has 2 aliphatic rings. The Morgan fingerprint density at radius 2 is 1.82 bits per heavy atom. The van der Waals surface area contributed by atoms with Crippen molar-refractivity contribution in [2.75, 3.05) is 32.9 Å². The van der Waals surface area contributed by atoms with Gasteiger partial charge in [-0.15, -0.1) is 24.0 Å². The average Bonchev–Trinajstić information content (AvgIpc) is 3.21. The molecule has 1 heterocycles. The second kappa shape index (κ2) is 11.7. The summed E-state index contributed by atoms with van der Waals surface area (Å²) >= 11 is 0. The predicted molar refractivity (Wildman–Crippen MR) is 126 cm³/mol. The number of hydrogen-bond acceptors (Lipinski definition) is 3. The van der Waals surface area contributed by atoms with Gasteiger partial charge in [0.15, 0.2) is 5.96 Å². The molecule has 28 heavy (non-hydrogen) atoms. The third kappa shape index (κ3) is 6.11. The largest absolute Gasteiger partial charge is 0.494 e. The standard InChI is InChI=1S/C22H33N3O2.HI/c1-3-23-21(25-19-7-5-6-8-19)24-17-22(13-15-26-16-14-22)18-9-11-20(12-10-18)27-4-2;/h5-6,9-12,19H,3-4,7-8,13-17H2,1-2H3,(H2,23,24,25);1H. The number of rotatable bonds is 7. The van der Waals surface area contributed by atoms with Gasteiger partial charge in [-0.25, -0.2) is 0 Å². The molecule has 0 aromatic heterocycles. The predicted octanol–water partition coefficient (Wildman–Crippen LogP) is 4.03. The van der Waals surface area contributed by atoms with Crippen LogP contribution in [0.3, 0.4) is 0 Å². The van der Waals surface area contributed by atoms with Gasteiger partial charge in [-0.3, -0.25) is 4.99 Å². The molecule has 1 aromatic rings. The molecule has 0 spiro atoms. The second-order valence-electron chi connectivity index (χ2n) is 7.33. The van der Waals surface area contributed by atoms with Crippen molar-refractivity contribution in [1.29, 1.82) is 0 Å². The van der Waals surface area contributed by atoms with Crippen molar-refractivity contribution in [2.45, 2.75) is 51.0 Å². The van der Waals surface area contributed by atoms with Crippen molar-refractivity contribution in [1.82, 2.24) is 10.6 Å². The molecule has 0 amide bonds. The molecule has 2 N–H and O–H groups in total. The molecule has 3 rings (SSSR count). The summed E-state index contributed by atoms with van der Waals surface area (Å²) in [5.41, 5.74) is 1.36. The first-order valence-corrected chi connectivity index (χ1v) is 10.3. The zero-order valence-electron chi connectivity index (χ0n) is 17.1. The molecule has 1 aliphatic carbocycles. The van der Waals surface area contributed by atoms with Gasteiger partial charge in [0.1, 0.15) is 5.75 Å². The molecule has 5 nitrogen and oxygen atoms in total. The molecular formula is C22H34IN3O2. The van der Waals surface area contributed by atoms with Crippen LogP contribution in [0.2, 0.25) is 0 Å². The molecule has 1 aliphatic heterocycles. The summed E-state index contributed by atoms with van der Waals surface area (Å²) in [5.74, 6) is 1.85. The number of benzene rings is 1. The Bertz CT molecular complexity index is 632. The van der Waals surface area contributed by atoms with Crippen molar-refractivity contribution >= 4 is 29.9 Å².